The van der Waals surface area contributed by atoms with Crippen LogP contribution in [0.4, 0.5) is 19.0 Å². The average molecular weight is 500 g/mol. The predicted molar refractivity (Wildman–Crippen MR) is 119 cm³/mol. The molecule has 11 heteroatoms. The molecule has 7 nitrogen and oxygen atoms in total. The number of alkyl halides is 3. The summed E-state index contributed by atoms with van der Waals surface area (Å²) in [6.07, 6.45) is 0.0937. The highest BCUT2D eigenvalue weighted by Gasteiger charge is 2.47. The Morgan fingerprint density at radius 1 is 1.15 bits per heavy atom. The molecule has 1 aromatic heterocycles. The number of anilines is 1. The summed E-state index contributed by atoms with van der Waals surface area (Å²) >= 11 is 0. The molecule has 0 radical (unpaired) electrons. The standard InChI is InChI=1S/C23H28F3N3O4S/c1-15-12-21(29(27-15)16-8-4-3-5-9-16)28-14-17(13-19(28)22(30)33-2)34(31,32)20-11-7-6-10-18(20)23(24,25)26/h6-7,10-12,16-17,19H,3-5,8-9,13-14H2,1-2H3. The van der Waals surface area contributed by atoms with Gasteiger partial charge in [-0.2, -0.15) is 18.3 Å². The maximum Gasteiger partial charge on any atom is 0.417 e. The van der Waals surface area contributed by atoms with Gasteiger partial charge in [0.25, 0.3) is 0 Å². The fraction of sp³-hybridized carbons (Fsp3) is 0.565. The van der Waals surface area contributed by atoms with Crippen LogP contribution < -0.4 is 4.90 Å². The Labute approximate surface area is 196 Å². The van der Waals surface area contributed by atoms with E-state index in [1.165, 1.54) is 13.2 Å². The zero-order valence-electron chi connectivity index (χ0n) is 19.1. The number of carbonyl (C=O) groups excluding carboxylic acids is 1. The molecule has 0 spiro atoms. The molecule has 186 valence electrons. The van der Waals surface area contributed by atoms with E-state index in [0.29, 0.717) is 5.82 Å². The lowest BCUT2D eigenvalue weighted by molar-refractivity contribution is -0.142. The predicted octanol–water partition coefficient (Wildman–Crippen LogP) is 4.31. The monoisotopic (exact) mass is 499 g/mol. The van der Waals surface area contributed by atoms with Crippen LogP contribution >= 0.6 is 0 Å². The van der Waals surface area contributed by atoms with Crippen molar-refractivity contribution >= 4 is 21.6 Å². The van der Waals surface area contributed by atoms with Crippen molar-refractivity contribution in [3.05, 3.63) is 41.6 Å². The molecule has 1 aliphatic carbocycles. The van der Waals surface area contributed by atoms with Crippen molar-refractivity contribution in [2.45, 2.75) is 73.9 Å². The average Bonchev–Trinajstić information content (AvgIpc) is 3.43. The Hall–Kier alpha value is -2.56. The lowest BCUT2D eigenvalue weighted by Gasteiger charge is -2.30. The number of rotatable bonds is 5. The van der Waals surface area contributed by atoms with Crippen LogP contribution in [0.3, 0.4) is 0 Å². The molecule has 1 saturated heterocycles. The summed E-state index contributed by atoms with van der Waals surface area (Å²) < 4.78 is 74.3. The highest BCUT2D eigenvalue weighted by Crippen LogP contribution is 2.40. The third-order valence-electron chi connectivity index (χ3n) is 6.73. The minimum Gasteiger partial charge on any atom is -0.467 e. The molecule has 0 N–H and O–H groups in total. The molecule has 1 aromatic carbocycles. The number of esters is 1. The summed E-state index contributed by atoms with van der Waals surface area (Å²) in [5.74, 6) is -0.0301. The van der Waals surface area contributed by atoms with Crippen LogP contribution in [-0.4, -0.2) is 49.1 Å². The minimum atomic E-state index is -4.82. The topological polar surface area (TPSA) is 81.5 Å². The van der Waals surface area contributed by atoms with Gasteiger partial charge in [0.15, 0.2) is 9.84 Å². The first kappa shape index (κ1) is 24.6. The summed E-state index contributed by atoms with van der Waals surface area (Å²) in [6.45, 7) is 1.69. The van der Waals surface area contributed by atoms with Gasteiger partial charge in [0.05, 0.1) is 34.6 Å². The Morgan fingerprint density at radius 3 is 2.47 bits per heavy atom. The zero-order valence-corrected chi connectivity index (χ0v) is 19.9. The van der Waals surface area contributed by atoms with Gasteiger partial charge in [0.2, 0.25) is 0 Å². The van der Waals surface area contributed by atoms with Crippen molar-refractivity contribution in [2.75, 3.05) is 18.6 Å². The number of benzene rings is 1. The maximum absolute atomic E-state index is 13.6. The van der Waals surface area contributed by atoms with E-state index in [1.807, 2.05) is 11.6 Å². The number of methoxy groups -OCH3 is 1. The van der Waals surface area contributed by atoms with Crippen molar-refractivity contribution in [3.63, 3.8) is 0 Å². The second kappa shape index (κ2) is 9.24. The Morgan fingerprint density at radius 2 is 1.82 bits per heavy atom. The molecule has 4 rings (SSSR count). The molecule has 34 heavy (non-hydrogen) atoms. The molecule has 1 saturated carbocycles. The molecule has 0 bridgehead atoms. The summed E-state index contributed by atoms with van der Waals surface area (Å²) in [4.78, 5) is 13.5. The van der Waals surface area contributed by atoms with E-state index in [1.54, 1.807) is 11.0 Å². The van der Waals surface area contributed by atoms with Crippen LogP contribution in [0.1, 0.15) is 55.8 Å². The van der Waals surface area contributed by atoms with Crippen LogP contribution in [-0.2, 0) is 25.5 Å². The fourth-order valence-corrected chi connectivity index (χ4v) is 6.99. The van der Waals surface area contributed by atoms with E-state index in [0.717, 1.165) is 56.0 Å². The number of hydrogen-bond acceptors (Lipinski definition) is 6. The first-order valence-corrected chi connectivity index (χ1v) is 12.9. The summed E-state index contributed by atoms with van der Waals surface area (Å²) in [5.41, 5.74) is -0.482. The smallest absolute Gasteiger partial charge is 0.417 e. The Kier molecular flexibility index (Phi) is 6.67. The molecular formula is C23H28F3N3O4S. The number of sulfone groups is 1. The largest absolute Gasteiger partial charge is 0.467 e. The first-order chi connectivity index (χ1) is 16.0. The number of ether oxygens (including phenoxy) is 1. The number of halogens is 3. The first-order valence-electron chi connectivity index (χ1n) is 11.3. The van der Waals surface area contributed by atoms with E-state index < -0.39 is 43.7 Å². The van der Waals surface area contributed by atoms with Crippen LogP contribution in [0, 0.1) is 6.92 Å². The molecule has 2 fully saturated rings. The van der Waals surface area contributed by atoms with Gasteiger partial charge < -0.3 is 9.64 Å². The second-order valence-electron chi connectivity index (χ2n) is 8.97. The van der Waals surface area contributed by atoms with Gasteiger partial charge in [0.1, 0.15) is 11.9 Å². The van der Waals surface area contributed by atoms with E-state index in [9.17, 15) is 26.4 Å². The van der Waals surface area contributed by atoms with E-state index >= 15 is 0 Å². The van der Waals surface area contributed by atoms with Gasteiger partial charge in [0, 0.05) is 12.6 Å². The zero-order chi connectivity index (χ0) is 24.7. The highest BCUT2D eigenvalue weighted by molar-refractivity contribution is 7.92. The van der Waals surface area contributed by atoms with Gasteiger partial charge >= 0.3 is 12.1 Å². The third kappa shape index (κ3) is 4.54. The van der Waals surface area contributed by atoms with E-state index in [2.05, 4.69) is 5.10 Å². The van der Waals surface area contributed by atoms with Crippen molar-refractivity contribution in [1.29, 1.82) is 0 Å². The SMILES string of the molecule is COC(=O)C1CC(S(=O)(=O)c2ccccc2C(F)(F)F)CN1c1cc(C)nn1C1CCCCC1. The Bertz CT molecular complexity index is 1160. The molecule has 2 atom stereocenters. The minimum absolute atomic E-state index is 0.123. The molecular weight excluding hydrogens is 471 g/mol. The molecule has 2 aliphatic rings. The normalized spacial score (nSPS) is 22.2. The second-order valence-corrected chi connectivity index (χ2v) is 11.2. The number of hydrogen-bond donors (Lipinski definition) is 0. The van der Waals surface area contributed by atoms with Crippen molar-refractivity contribution in [3.8, 4) is 0 Å². The summed E-state index contributed by atoms with van der Waals surface area (Å²) in [7, 11) is -3.18. The van der Waals surface area contributed by atoms with Crippen molar-refractivity contribution in [2.24, 2.45) is 0 Å². The number of nitrogens with zero attached hydrogens (tertiary/aromatic N) is 3. The Balaban J connectivity index is 1.73. The van der Waals surface area contributed by atoms with Gasteiger partial charge in [-0.25, -0.2) is 17.9 Å². The van der Waals surface area contributed by atoms with Gasteiger partial charge in [-0.3, -0.25) is 0 Å². The number of aromatic nitrogens is 2. The molecule has 0 amide bonds. The lowest BCUT2D eigenvalue weighted by Crippen LogP contribution is -2.39. The van der Waals surface area contributed by atoms with Crippen LogP contribution in [0.5, 0.6) is 0 Å². The molecule has 2 heterocycles. The van der Waals surface area contributed by atoms with Crippen molar-refractivity contribution in [1.82, 2.24) is 9.78 Å². The maximum atomic E-state index is 13.6. The quantitative estimate of drug-likeness (QED) is 0.571. The van der Waals surface area contributed by atoms with Crippen LogP contribution in [0.25, 0.3) is 0 Å². The van der Waals surface area contributed by atoms with E-state index in [-0.39, 0.29) is 19.0 Å². The number of carbonyl (C=O) groups is 1. The fourth-order valence-electron chi connectivity index (χ4n) is 5.08. The van der Waals surface area contributed by atoms with Gasteiger partial charge in [-0.05, 0) is 38.3 Å². The lowest BCUT2D eigenvalue weighted by atomic mass is 9.96. The highest BCUT2D eigenvalue weighted by atomic mass is 32.2. The third-order valence-corrected chi connectivity index (χ3v) is 8.92. The van der Waals surface area contributed by atoms with Crippen LogP contribution in [0.15, 0.2) is 35.2 Å². The molecule has 2 unspecified atom stereocenters. The van der Waals surface area contributed by atoms with Gasteiger partial charge in [-0.1, -0.05) is 31.4 Å². The summed E-state index contributed by atoms with van der Waals surface area (Å²) in [6, 6.07) is 5.14. The van der Waals surface area contributed by atoms with Crippen molar-refractivity contribution < 1.29 is 31.1 Å². The van der Waals surface area contributed by atoms with E-state index in [4.69, 9.17) is 4.74 Å². The van der Waals surface area contributed by atoms with Crippen LogP contribution in [0.2, 0.25) is 0 Å². The molecule has 2 aromatic rings. The molecule has 1 aliphatic heterocycles. The number of aryl methyl sites for hydroxylation is 1. The summed E-state index contributed by atoms with van der Waals surface area (Å²) in [5, 5.41) is 3.40. The van der Waals surface area contributed by atoms with Gasteiger partial charge in [-0.15, -0.1) is 0 Å².